The Hall–Kier alpha value is -3.45. The van der Waals surface area contributed by atoms with E-state index < -0.39 is 17.4 Å². The molecule has 34 heavy (non-hydrogen) atoms. The SMILES string of the molecule is NC(=O)[C@H](Cc1ccccc1I)NC(=O)C(c1ccccc1)(c1ccccc1)c1ccccc1. The Morgan fingerprint density at radius 2 is 1.12 bits per heavy atom. The first-order valence-electron chi connectivity index (χ1n) is 11.0. The Bertz CT molecular complexity index is 1160. The van der Waals surface area contributed by atoms with Gasteiger partial charge in [0.1, 0.15) is 11.5 Å². The standard InChI is InChI=1S/C29H25IN2O2/c30-25-19-11-10-12-21(25)20-26(27(31)33)32-28(34)29(22-13-4-1-5-14-22,23-15-6-2-7-16-23)24-17-8-3-9-18-24/h1-19,26H,20H2,(H2,31,33)(H,32,34)/t26-/m0/s1. The summed E-state index contributed by atoms with van der Waals surface area (Å²) in [6.45, 7) is 0. The molecule has 0 spiro atoms. The monoisotopic (exact) mass is 560 g/mol. The third-order valence-corrected chi connectivity index (χ3v) is 7.04. The largest absolute Gasteiger partial charge is 0.368 e. The minimum absolute atomic E-state index is 0.300. The molecule has 4 aromatic carbocycles. The van der Waals surface area contributed by atoms with Crippen molar-refractivity contribution < 1.29 is 9.59 Å². The number of halogens is 1. The van der Waals surface area contributed by atoms with Crippen molar-refractivity contribution in [2.45, 2.75) is 17.9 Å². The van der Waals surface area contributed by atoms with E-state index in [0.29, 0.717) is 6.42 Å². The summed E-state index contributed by atoms with van der Waals surface area (Å²) in [5, 5.41) is 3.01. The van der Waals surface area contributed by atoms with Crippen LogP contribution in [0.15, 0.2) is 115 Å². The second kappa shape index (κ2) is 10.7. The van der Waals surface area contributed by atoms with Gasteiger partial charge in [-0.05, 0) is 50.9 Å². The Balaban J connectivity index is 1.85. The average molecular weight is 560 g/mol. The van der Waals surface area contributed by atoms with Crippen molar-refractivity contribution in [3.63, 3.8) is 0 Å². The molecule has 4 rings (SSSR count). The van der Waals surface area contributed by atoms with Gasteiger partial charge in [0.15, 0.2) is 0 Å². The number of primary amides is 1. The minimum atomic E-state index is -1.17. The summed E-state index contributed by atoms with van der Waals surface area (Å²) in [6.07, 6.45) is 0.314. The summed E-state index contributed by atoms with van der Waals surface area (Å²) in [4.78, 5) is 26.8. The second-order valence-electron chi connectivity index (χ2n) is 8.07. The van der Waals surface area contributed by atoms with E-state index in [0.717, 1.165) is 25.8 Å². The van der Waals surface area contributed by atoms with E-state index in [4.69, 9.17) is 5.73 Å². The van der Waals surface area contributed by atoms with Crippen LogP contribution in [0.4, 0.5) is 0 Å². The van der Waals surface area contributed by atoms with Crippen molar-refractivity contribution in [1.82, 2.24) is 5.32 Å². The molecule has 4 nitrogen and oxygen atoms in total. The van der Waals surface area contributed by atoms with Gasteiger partial charge in [-0.3, -0.25) is 9.59 Å². The van der Waals surface area contributed by atoms with E-state index in [9.17, 15) is 9.59 Å². The molecule has 4 aromatic rings. The summed E-state index contributed by atoms with van der Waals surface area (Å²) in [7, 11) is 0. The Morgan fingerprint density at radius 3 is 1.53 bits per heavy atom. The van der Waals surface area contributed by atoms with Crippen LogP contribution in [0.5, 0.6) is 0 Å². The van der Waals surface area contributed by atoms with Crippen LogP contribution in [-0.4, -0.2) is 17.9 Å². The van der Waals surface area contributed by atoms with E-state index in [1.54, 1.807) is 0 Å². The molecular weight excluding hydrogens is 535 g/mol. The van der Waals surface area contributed by atoms with Gasteiger partial charge in [-0.2, -0.15) is 0 Å². The molecule has 0 bridgehead atoms. The van der Waals surface area contributed by atoms with Crippen molar-refractivity contribution in [2.24, 2.45) is 5.73 Å². The lowest BCUT2D eigenvalue weighted by atomic mass is 9.68. The molecule has 170 valence electrons. The lowest BCUT2D eigenvalue weighted by molar-refractivity contribution is -0.129. The summed E-state index contributed by atoms with van der Waals surface area (Å²) >= 11 is 2.23. The van der Waals surface area contributed by atoms with Crippen molar-refractivity contribution in [3.8, 4) is 0 Å². The number of benzene rings is 4. The first-order chi connectivity index (χ1) is 16.5. The number of amides is 2. The first-order valence-corrected chi connectivity index (χ1v) is 12.1. The maximum atomic E-state index is 14.3. The van der Waals surface area contributed by atoms with Gasteiger partial charge in [-0.15, -0.1) is 0 Å². The average Bonchev–Trinajstić information content (AvgIpc) is 2.87. The molecule has 0 heterocycles. The van der Waals surface area contributed by atoms with Crippen molar-refractivity contribution >= 4 is 34.4 Å². The lowest BCUT2D eigenvalue weighted by Crippen LogP contribution is -2.54. The van der Waals surface area contributed by atoms with Crippen LogP contribution in [-0.2, 0) is 21.4 Å². The predicted octanol–water partition coefficient (Wildman–Crippen LogP) is 4.84. The quantitative estimate of drug-likeness (QED) is 0.239. The van der Waals surface area contributed by atoms with Crippen LogP contribution in [0.25, 0.3) is 0 Å². The van der Waals surface area contributed by atoms with Crippen molar-refractivity contribution in [3.05, 3.63) is 141 Å². The van der Waals surface area contributed by atoms with Gasteiger partial charge in [0.2, 0.25) is 11.8 Å². The van der Waals surface area contributed by atoms with Gasteiger partial charge >= 0.3 is 0 Å². The summed E-state index contributed by atoms with van der Waals surface area (Å²) in [6, 6.07) is 35.8. The molecule has 2 amide bonds. The normalized spacial score (nSPS) is 12.0. The van der Waals surface area contributed by atoms with Gasteiger partial charge in [-0.1, -0.05) is 109 Å². The van der Waals surface area contributed by atoms with Crippen LogP contribution in [0.1, 0.15) is 22.3 Å². The molecule has 0 aliphatic carbocycles. The summed E-state index contributed by atoms with van der Waals surface area (Å²) in [5.74, 6) is -0.873. The van der Waals surface area contributed by atoms with E-state index in [1.165, 1.54) is 0 Å². The fourth-order valence-electron chi connectivity index (χ4n) is 4.33. The lowest BCUT2D eigenvalue weighted by Gasteiger charge is -2.35. The third kappa shape index (κ3) is 4.75. The zero-order valence-electron chi connectivity index (χ0n) is 18.5. The maximum absolute atomic E-state index is 14.3. The third-order valence-electron chi connectivity index (χ3n) is 5.99. The number of carbonyl (C=O) groups excluding carboxylic acids is 2. The van der Waals surface area contributed by atoms with Gasteiger partial charge in [0, 0.05) is 9.99 Å². The van der Waals surface area contributed by atoms with Crippen LogP contribution in [0.3, 0.4) is 0 Å². The molecule has 0 aliphatic heterocycles. The molecular formula is C29H25IN2O2. The Labute approximate surface area is 213 Å². The smallest absolute Gasteiger partial charge is 0.240 e. The number of hydrogen-bond donors (Lipinski definition) is 2. The molecule has 5 heteroatoms. The fraction of sp³-hybridized carbons (Fsp3) is 0.103. The molecule has 0 saturated carbocycles. The highest BCUT2D eigenvalue weighted by Crippen LogP contribution is 2.39. The highest BCUT2D eigenvalue weighted by atomic mass is 127. The highest BCUT2D eigenvalue weighted by molar-refractivity contribution is 14.1. The van der Waals surface area contributed by atoms with Crippen molar-refractivity contribution in [2.75, 3.05) is 0 Å². The van der Waals surface area contributed by atoms with Gasteiger partial charge in [0.05, 0.1) is 0 Å². The molecule has 0 aliphatic rings. The fourth-order valence-corrected chi connectivity index (χ4v) is 4.94. The minimum Gasteiger partial charge on any atom is -0.368 e. The zero-order valence-corrected chi connectivity index (χ0v) is 20.7. The molecule has 0 saturated heterocycles. The van der Waals surface area contributed by atoms with Gasteiger partial charge < -0.3 is 11.1 Å². The second-order valence-corrected chi connectivity index (χ2v) is 9.23. The first kappa shape index (κ1) is 23.7. The maximum Gasteiger partial charge on any atom is 0.240 e. The number of hydrogen-bond acceptors (Lipinski definition) is 2. The van der Waals surface area contributed by atoms with Crippen LogP contribution >= 0.6 is 22.6 Å². The van der Waals surface area contributed by atoms with Crippen molar-refractivity contribution in [1.29, 1.82) is 0 Å². The topological polar surface area (TPSA) is 72.2 Å². The van der Waals surface area contributed by atoms with Gasteiger partial charge in [-0.25, -0.2) is 0 Å². The number of nitrogens with one attached hydrogen (secondary N) is 1. The van der Waals surface area contributed by atoms with Gasteiger partial charge in [0.25, 0.3) is 0 Å². The molecule has 1 atom stereocenters. The molecule has 0 radical (unpaired) electrons. The Morgan fingerprint density at radius 1 is 0.706 bits per heavy atom. The molecule has 3 N–H and O–H groups in total. The summed E-state index contributed by atoms with van der Waals surface area (Å²) < 4.78 is 1.01. The van der Waals surface area contributed by atoms with Crippen LogP contribution < -0.4 is 11.1 Å². The number of nitrogens with two attached hydrogens (primary N) is 1. The molecule has 0 fully saturated rings. The van der Waals surface area contributed by atoms with E-state index in [2.05, 4.69) is 27.9 Å². The van der Waals surface area contributed by atoms with E-state index in [-0.39, 0.29) is 5.91 Å². The number of carbonyl (C=O) groups is 2. The Kier molecular flexibility index (Phi) is 7.43. The zero-order chi connectivity index (χ0) is 24.0. The van der Waals surface area contributed by atoms with Crippen LogP contribution in [0, 0.1) is 3.57 Å². The van der Waals surface area contributed by atoms with E-state index >= 15 is 0 Å². The summed E-state index contributed by atoms with van der Waals surface area (Å²) in [5.41, 5.74) is 8.00. The highest BCUT2D eigenvalue weighted by Gasteiger charge is 2.44. The van der Waals surface area contributed by atoms with Crippen LogP contribution in [0.2, 0.25) is 0 Å². The number of rotatable bonds is 8. The molecule has 0 aromatic heterocycles. The molecule has 0 unspecified atom stereocenters. The predicted molar refractivity (Wildman–Crippen MR) is 143 cm³/mol. The van der Waals surface area contributed by atoms with E-state index in [1.807, 2.05) is 115 Å².